The van der Waals surface area contributed by atoms with Crippen LogP contribution in [0.2, 0.25) is 0 Å². The Morgan fingerprint density at radius 3 is 3.20 bits per heavy atom. The molecule has 1 fully saturated rings. The molecule has 0 radical (unpaired) electrons. The zero-order valence-electron chi connectivity index (χ0n) is 8.19. The molecule has 0 bridgehead atoms. The van der Waals surface area contributed by atoms with Gasteiger partial charge in [0, 0.05) is 24.0 Å². The number of aromatic nitrogens is 2. The monoisotopic (exact) mass is 225 g/mol. The lowest BCUT2D eigenvalue weighted by molar-refractivity contribution is 0.111. The summed E-state index contributed by atoms with van der Waals surface area (Å²) in [6, 6.07) is 1.82. The summed E-state index contributed by atoms with van der Waals surface area (Å²) < 4.78 is 0. The number of carbonyl (C=O) groups excluding carboxylic acids is 1. The van der Waals surface area contributed by atoms with Crippen LogP contribution < -0.4 is 5.32 Å². The summed E-state index contributed by atoms with van der Waals surface area (Å²) in [4.78, 5) is 18.5. The first kappa shape index (κ1) is 10.5. The van der Waals surface area contributed by atoms with Crippen LogP contribution >= 0.6 is 11.6 Å². The molecule has 1 aromatic rings. The molecular weight excluding hydrogens is 214 g/mol. The van der Waals surface area contributed by atoms with Crippen LogP contribution in [0, 0.1) is 0 Å². The summed E-state index contributed by atoms with van der Waals surface area (Å²) in [5, 5.41) is 3.35. The van der Waals surface area contributed by atoms with Crippen molar-refractivity contribution in [2.24, 2.45) is 0 Å². The van der Waals surface area contributed by atoms with Gasteiger partial charge in [-0.3, -0.25) is 4.79 Å². The van der Waals surface area contributed by atoms with Crippen molar-refractivity contribution in [3.63, 3.8) is 0 Å². The maximum Gasteiger partial charge on any atom is 0.192 e. The number of rotatable bonds is 2. The maximum absolute atomic E-state index is 10.5. The molecule has 1 saturated heterocycles. The third-order valence-electron chi connectivity index (χ3n) is 2.58. The predicted octanol–water partition coefficient (Wildman–Crippen LogP) is 0.973. The lowest BCUT2D eigenvalue weighted by Crippen LogP contribution is -2.36. The summed E-state index contributed by atoms with van der Waals surface area (Å²) in [7, 11) is 0. The van der Waals surface area contributed by atoms with Crippen molar-refractivity contribution in [2.75, 3.05) is 13.1 Å². The van der Waals surface area contributed by atoms with Gasteiger partial charge in [0.05, 0.1) is 5.69 Å². The van der Waals surface area contributed by atoms with Gasteiger partial charge < -0.3 is 5.32 Å². The van der Waals surface area contributed by atoms with Gasteiger partial charge in [-0.15, -0.1) is 11.6 Å². The van der Waals surface area contributed by atoms with Crippen molar-refractivity contribution in [3.05, 3.63) is 23.8 Å². The zero-order valence-corrected chi connectivity index (χ0v) is 8.94. The fourth-order valence-corrected chi connectivity index (χ4v) is 2.10. The average Bonchev–Trinajstić information content (AvgIpc) is 2.30. The Bertz CT molecular complexity index is 358. The number of piperidine rings is 1. The number of hydrogen-bond donors (Lipinski definition) is 1. The molecule has 0 unspecified atom stereocenters. The van der Waals surface area contributed by atoms with Crippen LogP contribution in [0.5, 0.6) is 0 Å². The summed E-state index contributed by atoms with van der Waals surface area (Å²) in [6.45, 7) is 1.75. The minimum absolute atomic E-state index is 0.0839. The third-order valence-corrected chi connectivity index (χ3v) is 3.10. The molecule has 0 aromatic carbocycles. The quantitative estimate of drug-likeness (QED) is 0.602. The standard InChI is InChI=1S/C10H12ClN3O/c11-8-1-3-12-5-7(8)9-2-4-13-10(6-15)14-9/h2,4,6-8,12H,1,3,5H2/t7-,8-/m0/s1. The average molecular weight is 226 g/mol. The van der Waals surface area contributed by atoms with Gasteiger partial charge in [-0.1, -0.05) is 0 Å². The minimum Gasteiger partial charge on any atom is -0.316 e. The van der Waals surface area contributed by atoms with E-state index < -0.39 is 0 Å². The second-order valence-electron chi connectivity index (χ2n) is 3.57. The molecular formula is C10H12ClN3O. The third kappa shape index (κ3) is 2.33. The Labute approximate surface area is 93.1 Å². The number of nitrogens with zero attached hydrogens (tertiary/aromatic N) is 2. The zero-order chi connectivity index (χ0) is 10.7. The van der Waals surface area contributed by atoms with Gasteiger partial charge in [0.15, 0.2) is 12.1 Å². The lowest BCUT2D eigenvalue weighted by Gasteiger charge is -2.27. The molecule has 1 aromatic heterocycles. The van der Waals surface area contributed by atoms with E-state index >= 15 is 0 Å². The highest BCUT2D eigenvalue weighted by atomic mass is 35.5. The first-order valence-electron chi connectivity index (χ1n) is 4.94. The predicted molar refractivity (Wildman–Crippen MR) is 57.3 cm³/mol. The fraction of sp³-hybridized carbons (Fsp3) is 0.500. The Kier molecular flexibility index (Phi) is 3.28. The van der Waals surface area contributed by atoms with E-state index in [9.17, 15) is 4.79 Å². The molecule has 0 spiro atoms. The van der Waals surface area contributed by atoms with Crippen LogP contribution in [0.4, 0.5) is 0 Å². The van der Waals surface area contributed by atoms with Crippen molar-refractivity contribution in [3.8, 4) is 0 Å². The van der Waals surface area contributed by atoms with E-state index in [1.807, 2.05) is 6.07 Å². The molecule has 15 heavy (non-hydrogen) atoms. The van der Waals surface area contributed by atoms with Crippen LogP contribution in [0.3, 0.4) is 0 Å². The van der Waals surface area contributed by atoms with Gasteiger partial charge in [-0.05, 0) is 19.0 Å². The number of aldehydes is 1. The molecule has 2 rings (SSSR count). The molecule has 2 atom stereocenters. The van der Waals surface area contributed by atoms with Crippen molar-refractivity contribution in [1.82, 2.24) is 15.3 Å². The van der Waals surface area contributed by atoms with E-state index in [0.29, 0.717) is 6.29 Å². The first-order valence-corrected chi connectivity index (χ1v) is 5.38. The van der Waals surface area contributed by atoms with Gasteiger partial charge in [-0.25, -0.2) is 9.97 Å². The summed E-state index contributed by atoms with van der Waals surface area (Å²) in [5.74, 6) is 0.393. The van der Waals surface area contributed by atoms with Crippen molar-refractivity contribution >= 4 is 17.9 Å². The molecule has 4 nitrogen and oxygen atoms in total. The Morgan fingerprint density at radius 1 is 1.60 bits per heavy atom. The van der Waals surface area contributed by atoms with Crippen molar-refractivity contribution in [2.45, 2.75) is 17.7 Å². The first-order chi connectivity index (χ1) is 7.31. The largest absolute Gasteiger partial charge is 0.316 e. The van der Waals surface area contributed by atoms with Crippen molar-refractivity contribution < 1.29 is 4.79 Å². The molecule has 0 aliphatic carbocycles. The Hall–Kier alpha value is -1.00. The number of hydrogen-bond acceptors (Lipinski definition) is 4. The highest BCUT2D eigenvalue weighted by Crippen LogP contribution is 2.26. The molecule has 1 aliphatic heterocycles. The molecule has 2 heterocycles. The van der Waals surface area contributed by atoms with E-state index in [2.05, 4.69) is 15.3 Å². The lowest BCUT2D eigenvalue weighted by atomic mass is 9.95. The van der Waals surface area contributed by atoms with Gasteiger partial charge in [0.25, 0.3) is 0 Å². The Morgan fingerprint density at radius 2 is 2.47 bits per heavy atom. The smallest absolute Gasteiger partial charge is 0.192 e. The molecule has 0 amide bonds. The second kappa shape index (κ2) is 4.68. The SMILES string of the molecule is O=Cc1nccc([C@H]2CNCC[C@@H]2Cl)n1. The van der Waals surface area contributed by atoms with Gasteiger partial charge in [-0.2, -0.15) is 0 Å². The minimum atomic E-state index is 0.0839. The van der Waals surface area contributed by atoms with Gasteiger partial charge >= 0.3 is 0 Å². The number of halogens is 1. The summed E-state index contributed by atoms with van der Waals surface area (Å²) in [5.41, 5.74) is 0.847. The van der Waals surface area contributed by atoms with E-state index in [4.69, 9.17) is 11.6 Å². The van der Waals surface area contributed by atoms with Crippen molar-refractivity contribution in [1.29, 1.82) is 0 Å². The normalized spacial score (nSPS) is 26.2. The van der Waals surface area contributed by atoms with Crippen LogP contribution in [0.25, 0.3) is 0 Å². The highest BCUT2D eigenvalue weighted by molar-refractivity contribution is 6.21. The number of carbonyl (C=O) groups is 1. The van der Waals surface area contributed by atoms with Crippen LogP contribution in [-0.2, 0) is 0 Å². The van der Waals surface area contributed by atoms with E-state index in [-0.39, 0.29) is 17.1 Å². The fourth-order valence-electron chi connectivity index (χ4n) is 1.77. The summed E-state index contributed by atoms with van der Waals surface area (Å²) >= 11 is 6.22. The van der Waals surface area contributed by atoms with E-state index in [1.165, 1.54) is 0 Å². The topological polar surface area (TPSA) is 54.9 Å². The molecule has 0 saturated carbocycles. The van der Waals surface area contributed by atoms with Gasteiger partial charge in [0.2, 0.25) is 0 Å². The molecule has 80 valence electrons. The maximum atomic E-state index is 10.5. The van der Waals surface area contributed by atoms with E-state index in [1.54, 1.807) is 6.20 Å². The van der Waals surface area contributed by atoms with Crippen LogP contribution in [0.1, 0.15) is 28.7 Å². The molecule has 1 aliphatic rings. The highest BCUT2D eigenvalue weighted by Gasteiger charge is 2.25. The number of nitrogens with one attached hydrogen (secondary N) is 1. The second-order valence-corrected chi connectivity index (χ2v) is 4.13. The Balaban J connectivity index is 2.23. The van der Waals surface area contributed by atoms with E-state index in [0.717, 1.165) is 25.2 Å². The van der Waals surface area contributed by atoms with Gasteiger partial charge in [0.1, 0.15) is 0 Å². The number of alkyl halides is 1. The van der Waals surface area contributed by atoms with Crippen LogP contribution in [0.15, 0.2) is 12.3 Å². The summed E-state index contributed by atoms with van der Waals surface area (Å²) in [6.07, 6.45) is 3.18. The molecule has 5 heteroatoms. The van der Waals surface area contributed by atoms with Crippen LogP contribution in [-0.4, -0.2) is 34.7 Å². The molecule has 1 N–H and O–H groups in total.